The van der Waals surface area contributed by atoms with Crippen molar-refractivity contribution in [2.45, 2.75) is 11.8 Å². The van der Waals surface area contributed by atoms with Crippen molar-refractivity contribution in [2.24, 2.45) is 4.99 Å². The zero-order chi connectivity index (χ0) is 19.8. The molecule has 144 valence electrons. The predicted octanol–water partition coefficient (Wildman–Crippen LogP) is 6.42. The number of thioether (sulfide) groups is 1. The van der Waals surface area contributed by atoms with Crippen LogP contribution >= 0.6 is 46.9 Å². The monoisotopic (exact) mass is 441 g/mol. The van der Waals surface area contributed by atoms with Crippen LogP contribution in [0.2, 0.25) is 10.0 Å². The Balaban J connectivity index is 2.32. The maximum Gasteiger partial charge on any atom is 0.134 e. The molecule has 8 heteroatoms. The summed E-state index contributed by atoms with van der Waals surface area (Å²) in [5.41, 5.74) is 2.71. The Morgan fingerprint density at radius 3 is 2.63 bits per heavy atom. The summed E-state index contributed by atoms with van der Waals surface area (Å²) in [7, 11) is 3.56. The van der Waals surface area contributed by atoms with E-state index in [2.05, 4.69) is 27.8 Å². The smallest absolute Gasteiger partial charge is 0.134 e. The van der Waals surface area contributed by atoms with Crippen molar-refractivity contribution in [3.05, 3.63) is 57.7 Å². The number of aliphatic imine (C=N–C) groups is 1. The van der Waals surface area contributed by atoms with Gasteiger partial charge in [-0.2, -0.15) is 0 Å². The van der Waals surface area contributed by atoms with Crippen molar-refractivity contribution in [3.63, 3.8) is 0 Å². The first kappa shape index (κ1) is 22.0. The van der Waals surface area contributed by atoms with E-state index in [0.717, 1.165) is 38.4 Å². The molecular formula is C19H21Cl2N3OS2. The molecule has 0 aliphatic carbocycles. The minimum atomic E-state index is 0.557. The molecule has 0 saturated heterocycles. The molecule has 0 saturated carbocycles. The highest BCUT2D eigenvalue weighted by Gasteiger charge is 2.12. The van der Waals surface area contributed by atoms with Gasteiger partial charge >= 0.3 is 0 Å². The van der Waals surface area contributed by atoms with Gasteiger partial charge in [0.25, 0.3) is 0 Å². The maximum absolute atomic E-state index is 6.24. The van der Waals surface area contributed by atoms with Gasteiger partial charge in [-0.3, -0.25) is 4.99 Å². The summed E-state index contributed by atoms with van der Waals surface area (Å²) >= 11 is 15.3. The number of ether oxygens (including phenoxy) is 1. The van der Waals surface area contributed by atoms with Gasteiger partial charge in [0.15, 0.2) is 0 Å². The minimum absolute atomic E-state index is 0.557. The second-order valence-electron chi connectivity index (χ2n) is 5.41. The number of allylic oxidation sites excluding steroid dienone is 1. The molecule has 0 atom stereocenters. The maximum atomic E-state index is 6.24. The van der Waals surface area contributed by atoms with Crippen molar-refractivity contribution in [3.8, 4) is 5.75 Å². The summed E-state index contributed by atoms with van der Waals surface area (Å²) in [4.78, 5) is 6.10. The van der Waals surface area contributed by atoms with Gasteiger partial charge in [-0.05, 0) is 68.5 Å². The lowest BCUT2D eigenvalue weighted by molar-refractivity contribution is 0.405. The molecule has 0 aromatic heterocycles. The SMILES string of the molecule is C=N/C(C)=C(\SCNC)c1ccc(OC)c(SNc2ccc(Cl)cc2Cl)c1. The Labute approximate surface area is 178 Å². The van der Waals surface area contributed by atoms with Crippen molar-refractivity contribution in [2.75, 3.05) is 24.8 Å². The van der Waals surface area contributed by atoms with Crippen LogP contribution in [-0.2, 0) is 0 Å². The van der Waals surface area contributed by atoms with E-state index in [-0.39, 0.29) is 0 Å². The topological polar surface area (TPSA) is 45.7 Å². The molecule has 27 heavy (non-hydrogen) atoms. The highest BCUT2D eigenvalue weighted by atomic mass is 35.5. The van der Waals surface area contributed by atoms with E-state index >= 15 is 0 Å². The molecule has 0 aliphatic rings. The zero-order valence-electron chi connectivity index (χ0n) is 15.3. The second kappa shape index (κ2) is 10.9. The summed E-state index contributed by atoms with van der Waals surface area (Å²) in [6, 6.07) is 11.4. The van der Waals surface area contributed by atoms with Crippen molar-refractivity contribution < 1.29 is 4.74 Å². The van der Waals surface area contributed by atoms with Crippen LogP contribution in [0.5, 0.6) is 5.75 Å². The number of hydrogen-bond donors (Lipinski definition) is 2. The number of hydrogen-bond acceptors (Lipinski definition) is 6. The number of methoxy groups -OCH3 is 1. The van der Waals surface area contributed by atoms with Gasteiger partial charge < -0.3 is 14.8 Å². The average Bonchev–Trinajstić information content (AvgIpc) is 2.67. The fraction of sp³-hybridized carbons (Fsp3) is 0.211. The Kier molecular flexibility index (Phi) is 8.86. The average molecular weight is 442 g/mol. The van der Waals surface area contributed by atoms with Crippen molar-refractivity contribution in [1.29, 1.82) is 0 Å². The van der Waals surface area contributed by atoms with Gasteiger partial charge in [-0.25, -0.2) is 0 Å². The largest absolute Gasteiger partial charge is 0.496 e. The van der Waals surface area contributed by atoms with Crippen LogP contribution in [0.3, 0.4) is 0 Å². The molecule has 2 rings (SSSR count). The lowest BCUT2D eigenvalue weighted by Gasteiger charge is -2.15. The van der Waals surface area contributed by atoms with Gasteiger partial charge in [-0.1, -0.05) is 29.3 Å². The van der Waals surface area contributed by atoms with Gasteiger partial charge in [0.1, 0.15) is 5.75 Å². The summed E-state index contributed by atoms with van der Waals surface area (Å²) in [6.07, 6.45) is 0. The first-order chi connectivity index (χ1) is 13.0. The summed E-state index contributed by atoms with van der Waals surface area (Å²) in [5, 5.41) is 4.29. The second-order valence-corrected chi connectivity index (χ2v) is 8.09. The molecule has 0 heterocycles. The first-order valence-electron chi connectivity index (χ1n) is 8.01. The molecule has 2 aromatic rings. The van der Waals surface area contributed by atoms with Crippen LogP contribution < -0.4 is 14.8 Å². The Bertz CT molecular complexity index is 844. The molecular weight excluding hydrogens is 421 g/mol. The highest BCUT2D eigenvalue weighted by molar-refractivity contribution is 8.08. The number of rotatable bonds is 9. The van der Waals surface area contributed by atoms with E-state index in [1.54, 1.807) is 31.0 Å². The third-order valence-electron chi connectivity index (χ3n) is 3.55. The lowest BCUT2D eigenvalue weighted by atomic mass is 10.2. The Morgan fingerprint density at radius 2 is 2.00 bits per heavy atom. The van der Waals surface area contributed by atoms with Crippen LogP contribution in [0.1, 0.15) is 12.5 Å². The molecule has 2 N–H and O–H groups in total. The fourth-order valence-electron chi connectivity index (χ4n) is 2.19. The van der Waals surface area contributed by atoms with Crippen LogP contribution in [0.15, 0.2) is 52.0 Å². The first-order valence-corrected chi connectivity index (χ1v) is 10.6. The third-order valence-corrected chi connectivity index (χ3v) is 6.22. The molecule has 4 nitrogen and oxygen atoms in total. The summed E-state index contributed by atoms with van der Waals surface area (Å²) < 4.78 is 8.76. The predicted molar refractivity (Wildman–Crippen MR) is 123 cm³/mol. The molecule has 0 bridgehead atoms. The normalized spacial score (nSPS) is 11.7. The number of benzene rings is 2. The molecule has 0 fully saturated rings. The zero-order valence-corrected chi connectivity index (χ0v) is 18.5. The lowest BCUT2D eigenvalue weighted by Crippen LogP contribution is -2.04. The van der Waals surface area contributed by atoms with E-state index in [4.69, 9.17) is 27.9 Å². The molecule has 0 amide bonds. The summed E-state index contributed by atoms with van der Waals surface area (Å²) in [5.74, 6) is 1.54. The van der Waals surface area contributed by atoms with Gasteiger partial charge in [-0.15, -0.1) is 11.8 Å². The van der Waals surface area contributed by atoms with E-state index in [0.29, 0.717) is 10.0 Å². The van der Waals surface area contributed by atoms with Crippen LogP contribution in [0.25, 0.3) is 4.91 Å². The van der Waals surface area contributed by atoms with E-state index < -0.39 is 0 Å². The quantitative estimate of drug-likeness (QED) is 0.267. The van der Waals surface area contributed by atoms with E-state index in [9.17, 15) is 0 Å². The highest BCUT2D eigenvalue weighted by Crippen LogP contribution is 2.38. The minimum Gasteiger partial charge on any atom is -0.496 e. The van der Waals surface area contributed by atoms with E-state index in [1.165, 1.54) is 11.9 Å². The standard InChI is InChI=1S/C19H21Cl2N3OS2/c1-12(23-3)19(26-11-22-2)13-5-8-17(25-4)18(9-13)27-24-16-7-6-14(20)10-15(16)21/h5-10,22,24H,3,11H2,1-2,4H3/b19-12-. The van der Waals surface area contributed by atoms with Crippen molar-refractivity contribution in [1.82, 2.24) is 5.32 Å². The Morgan fingerprint density at radius 1 is 1.22 bits per heavy atom. The van der Waals surface area contributed by atoms with Crippen LogP contribution in [0, 0.1) is 0 Å². The van der Waals surface area contributed by atoms with Gasteiger partial charge in [0, 0.05) is 15.8 Å². The third kappa shape index (κ3) is 6.09. The fourth-order valence-corrected chi connectivity index (χ4v) is 4.40. The van der Waals surface area contributed by atoms with Gasteiger partial charge in [0.05, 0.1) is 28.4 Å². The molecule has 2 aromatic carbocycles. The Hall–Kier alpha value is -1.31. The van der Waals surface area contributed by atoms with E-state index in [1.807, 2.05) is 32.2 Å². The molecule has 0 radical (unpaired) electrons. The number of anilines is 1. The van der Waals surface area contributed by atoms with Crippen LogP contribution in [0.4, 0.5) is 5.69 Å². The number of halogens is 2. The molecule has 0 unspecified atom stereocenters. The number of nitrogens with zero attached hydrogens (tertiary/aromatic N) is 1. The summed E-state index contributed by atoms with van der Waals surface area (Å²) in [6.45, 7) is 5.61. The van der Waals surface area contributed by atoms with Crippen LogP contribution in [-0.4, -0.2) is 26.8 Å². The molecule has 0 aliphatic heterocycles. The van der Waals surface area contributed by atoms with Crippen molar-refractivity contribution >= 4 is 64.2 Å². The molecule has 0 spiro atoms. The number of nitrogens with one attached hydrogen (secondary N) is 2. The van der Waals surface area contributed by atoms with Gasteiger partial charge in [0.2, 0.25) is 0 Å².